The quantitative estimate of drug-likeness (QED) is 0.820. The van der Waals surface area contributed by atoms with Crippen LogP contribution in [0.25, 0.3) is 0 Å². The van der Waals surface area contributed by atoms with Crippen molar-refractivity contribution in [1.82, 2.24) is 5.32 Å². The SMILES string of the molecule is CC(CC1CCCCN1)Nc1cc(F)c(F)c(F)c1. The minimum Gasteiger partial charge on any atom is -0.382 e. The molecule has 2 unspecified atom stereocenters. The van der Waals surface area contributed by atoms with Crippen LogP contribution < -0.4 is 10.6 Å². The number of rotatable bonds is 4. The van der Waals surface area contributed by atoms with Crippen LogP contribution in [-0.2, 0) is 0 Å². The summed E-state index contributed by atoms with van der Waals surface area (Å²) < 4.78 is 39.0. The highest BCUT2D eigenvalue weighted by atomic mass is 19.2. The van der Waals surface area contributed by atoms with Gasteiger partial charge < -0.3 is 10.6 Å². The van der Waals surface area contributed by atoms with Crippen LogP contribution in [0.4, 0.5) is 18.9 Å². The van der Waals surface area contributed by atoms with Crippen molar-refractivity contribution < 1.29 is 13.2 Å². The van der Waals surface area contributed by atoms with E-state index in [1.54, 1.807) is 0 Å². The molecule has 2 rings (SSSR count). The van der Waals surface area contributed by atoms with Crippen LogP contribution in [0.5, 0.6) is 0 Å². The lowest BCUT2D eigenvalue weighted by Gasteiger charge is -2.27. The predicted molar refractivity (Wildman–Crippen MR) is 69.7 cm³/mol. The summed E-state index contributed by atoms with van der Waals surface area (Å²) in [6.45, 7) is 2.98. The van der Waals surface area contributed by atoms with Crippen LogP contribution >= 0.6 is 0 Å². The van der Waals surface area contributed by atoms with E-state index in [1.165, 1.54) is 12.8 Å². The van der Waals surface area contributed by atoms with E-state index in [9.17, 15) is 13.2 Å². The van der Waals surface area contributed by atoms with Gasteiger partial charge in [0.15, 0.2) is 17.5 Å². The van der Waals surface area contributed by atoms with Crippen molar-refractivity contribution in [2.75, 3.05) is 11.9 Å². The molecule has 2 N–H and O–H groups in total. The molecule has 0 radical (unpaired) electrons. The summed E-state index contributed by atoms with van der Waals surface area (Å²) in [6, 6.07) is 2.48. The minimum absolute atomic E-state index is 0.0693. The third-order valence-corrected chi connectivity index (χ3v) is 3.45. The van der Waals surface area contributed by atoms with Crippen molar-refractivity contribution in [3.05, 3.63) is 29.6 Å². The van der Waals surface area contributed by atoms with E-state index in [1.807, 2.05) is 6.92 Å². The molecule has 2 atom stereocenters. The molecule has 0 aliphatic carbocycles. The van der Waals surface area contributed by atoms with E-state index in [0.717, 1.165) is 31.5 Å². The number of anilines is 1. The smallest absolute Gasteiger partial charge is 0.194 e. The van der Waals surface area contributed by atoms with E-state index in [-0.39, 0.29) is 11.7 Å². The standard InChI is InChI=1S/C14H19F3N2/c1-9(6-10-4-2-3-5-18-10)19-11-7-12(15)14(17)13(16)8-11/h7-10,18-19H,2-6H2,1H3. The van der Waals surface area contributed by atoms with Gasteiger partial charge in [-0.3, -0.25) is 0 Å². The summed E-state index contributed by atoms with van der Waals surface area (Å²) in [5.41, 5.74) is 0.278. The monoisotopic (exact) mass is 272 g/mol. The van der Waals surface area contributed by atoms with E-state index >= 15 is 0 Å². The largest absolute Gasteiger partial charge is 0.382 e. The lowest BCUT2D eigenvalue weighted by atomic mass is 9.98. The van der Waals surface area contributed by atoms with Crippen molar-refractivity contribution in [3.8, 4) is 0 Å². The third kappa shape index (κ3) is 3.86. The second kappa shape index (κ2) is 6.28. The van der Waals surface area contributed by atoms with Gasteiger partial charge in [-0.15, -0.1) is 0 Å². The van der Waals surface area contributed by atoms with Crippen LogP contribution in [0.3, 0.4) is 0 Å². The first kappa shape index (κ1) is 14.2. The minimum atomic E-state index is -1.42. The van der Waals surface area contributed by atoms with Gasteiger partial charge in [0.25, 0.3) is 0 Å². The Morgan fingerprint density at radius 3 is 2.53 bits per heavy atom. The van der Waals surface area contributed by atoms with Crippen LogP contribution in [0, 0.1) is 17.5 Å². The predicted octanol–water partition coefficient (Wildman–Crippen LogP) is 3.44. The van der Waals surface area contributed by atoms with Crippen LogP contribution in [0.2, 0.25) is 0 Å². The molecule has 1 aliphatic heterocycles. The summed E-state index contributed by atoms with van der Waals surface area (Å²) in [7, 11) is 0. The first-order chi connectivity index (χ1) is 9.06. The van der Waals surface area contributed by atoms with E-state index in [2.05, 4.69) is 10.6 Å². The van der Waals surface area contributed by atoms with Crippen LogP contribution in [0.15, 0.2) is 12.1 Å². The Morgan fingerprint density at radius 2 is 1.95 bits per heavy atom. The lowest BCUT2D eigenvalue weighted by molar-refractivity contribution is 0.371. The molecule has 106 valence electrons. The summed E-state index contributed by atoms with van der Waals surface area (Å²) in [4.78, 5) is 0. The number of nitrogens with one attached hydrogen (secondary N) is 2. The summed E-state index contributed by atoms with van der Waals surface area (Å²) >= 11 is 0. The maximum absolute atomic E-state index is 13.1. The molecule has 1 aromatic rings. The molecule has 2 nitrogen and oxygen atoms in total. The Labute approximate surface area is 111 Å². The Hall–Kier alpha value is -1.23. The van der Waals surface area contributed by atoms with Gasteiger partial charge >= 0.3 is 0 Å². The summed E-state index contributed by atoms with van der Waals surface area (Å²) in [5, 5.41) is 6.43. The number of hydrogen-bond donors (Lipinski definition) is 2. The fourth-order valence-corrected chi connectivity index (χ4v) is 2.53. The molecule has 5 heteroatoms. The molecule has 0 saturated carbocycles. The first-order valence-corrected chi connectivity index (χ1v) is 6.70. The zero-order chi connectivity index (χ0) is 13.8. The van der Waals surface area contributed by atoms with Crippen molar-refractivity contribution in [3.63, 3.8) is 0 Å². The van der Waals surface area contributed by atoms with Gasteiger partial charge in [-0.1, -0.05) is 6.42 Å². The second-order valence-electron chi connectivity index (χ2n) is 5.18. The molecular weight excluding hydrogens is 253 g/mol. The molecule has 0 spiro atoms. The zero-order valence-electron chi connectivity index (χ0n) is 11.0. The fourth-order valence-electron chi connectivity index (χ4n) is 2.53. The Balaban J connectivity index is 1.92. The zero-order valence-corrected chi connectivity index (χ0v) is 11.0. The maximum Gasteiger partial charge on any atom is 0.194 e. The van der Waals surface area contributed by atoms with Crippen molar-refractivity contribution >= 4 is 5.69 Å². The number of halogens is 3. The molecule has 1 fully saturated rings. The van der Waals surface area contributed by atoms with Crippen LogP contribution in [0.1, 0.15) is 32.6 Å². The van der Waals surface area contributed by atoms with Gasteiger partial charge in [0.05, 0.1) is 0 Å². The van der Waals surface area contributed by atoms with Gasteiger partial charge in [0.1, 0.15) is 0 Å². The van der Waals surface area contributed by atoms with Crippen molar-refractivity contribution in [2.24, 2.45) is 0 Å². The molecule has 1 aromatic carbocycles. The van der Waals surface area contributed by atoms with Gasteiger partial charge in [-0.05, 0) is 32.7 Å². The van der Waals surface area contributed by atoms with Crippen LogP contribution in [-0.4, -0.2) is 18.6 Å². The number of benzene rings is 1. The molecule has 19 heavy (non-hydrogen) atoms. The van der Waals surface area contributed by atoms with Crippen molar-refractivity contribution in [2.45, 2.75) is 44.7 Å². The first-order valence-electron chi connectivity index (χ1n) is 6.70. The highest BCUT2D eigenvalue weighted by molar-refractivity contribution is 5.44. The average Bonchev–Trinajstić information content (AvgIpc) is 2.37. The molecule has 1 saturated heterocycles. The van der Waals surface area contributed by atoms with Gasteiger partial charge in [-0.2, -0.15) is 0 Å². The lowest BCUT2D eigenvalue weighted by Crippen LogP contribution is -2.37. The topological polar surface area (TPSA) is 24.1 Å². The molecule has 0 aromatic heterocycles. The molecule has 0 amide bonds. The molecule has 1 heterocycles. The Kier molecular flexibility index (Phi) is 4.69. The van der Waals surface area contributed by atoms with Crippen molar-refractivity contribution in [1.29, 1.82) is 0 Å². The Bertz CT molecular complexity index is 408. The molecule has 1 aliphatic rings. The van der Waals surface area contributed by atoms with E-state index in [0.29, 0.717) is 6.04 Å². The maximum atomic E-state index is 13.1. The number of hydrogen-bond acceptors (Lipinski definition) is 2. The van der Waals surface area contributed by atoms with Gasteiger partial charge in [0, 0.05) is 29.9 Å². The van der Waals surface area contributed by atoms with Gasteiger partial charge in [-0.25, -0.2) is 13.2 Å². The average molecular weight is 272 g/mol. The second-order valence-corrected chi connectivity index (χ2v) is 5.18. The molecular formula is C14H19F3N2. The highest BCUT2D eigenvalue weighted by Gasteiger charge is 2.17. The molecule has 0 bridgehead atoms. The fraction of sp³-hybridized carbons (Fsp3) is 0.571. The Morgan fingerprint density at radius 1 is 1.26 bits per heavy atom. The van der Waals surface area contributed by atoms with E-state index in [4.69, 9.17) is 0 Å². The summed E-state index contributed by atoms with van der Waals surface area (Å²) in [5.74, 6) is -3.75. The van der Waals surface area contributed by atoms with Gasteiger partial charge in [0.2, 0.25) is 0 Å². The normalized spacial score (nSPS) is 21.2. The van der Waals surface area contributed by atoms with E-state index < -0.39 is 17.5 Å². The number of piperidine rings is 1. The summed E-state index contributed by atoms with van der Waals surface area (Å²) in [6.07, 6.45) is 4.41. The third-order valence-electron chi connectivity index (χ3n) is 3.45. The highest BCUT2D eigenvalue weighted by Crippen LogP contribution is 2.20.